The highest BCUT2D eigenvalue weighted by Gasteiger charge is 2.29. The van der Waals surface area contributed by atoms with E-state index in [1.54, 1.807) is 13.8 Å². The van der Waals surface area contributed by atoms with E-state index in [1.807, 2.05) is 0 Å². The summed E-state index contributed by atoms with van der Waals surface area (Å²) in [4.78, 5) is 24.5. The summed E-state index contributed by atoms with van der Waals surface area (Å²) < 4.78 is 74.9. The lowest BCUT2D eigenvalue weighted by atomic mass is 10.0. The largest absolute Gasteiger partial charge is 0.489 e. The zero-order valence-corrected chi connectivity index (χ0v) is 23.4. The highest BCUT2D eigenvalue weighted by molar-refractivity contribution is 7.92. The number of amides is 1. The van der Waals surface area contributed by atoms with Crippen LogP contribution in [0.15, 0.2) is 59.0 Å². The van der Waals surface area contributed by atoms with E-state index in [9.17, 15) is 31.9 Å². The predicted molar refractivity (Wildman–Crippen MR) is 148 cm³/mol. The van der Waals surface area contributed by atoms with Crippen LogP contribution in [-0.2, 0) is 14.8 Å². The summed E-state index contributed by atoms with van der Waals surface area (Å²) in [6.45, 7) is 2.63. The number of furan rings is 1. The minimum Gasteiger partial charge on any atom is -0.489 e. The Labute approximate surface area is 239 Å². The number of carbonyl (C=O) groups is 2. The van der Waals surface area contributed by atoms with E-state index in [0.717, 1.165) is 22.7 Å². The number of nitrogens with zero attached hydrogens (tertiary/aromatic N) is 1. The lowest BCUT2D eigenvalue weighted by molar-refractivity contribution is 0.0640. The SMILES string of the molecule is CC(C)Oc1cc2c(C(=O)OC(N)=O)c(-c3ccc(Oc4ccc(F)c(F)c4)cc3)oc2cc1N(CCO)S(C)(=O)=O. The first kappa shape index (κ1) is 30.3. The second-order valence-corrected chi connectivity index (χ2v) is 11.2. The van der Waals surface area contributed by atoms with Crippen molar-refractivity contribution in [3.63, 3.8) is 0 Å². The van der Waals surface area contributed by atoms with Crippen LogP contribution in [0.4, 0.5) is 19.3 Å². The van der Waals surface area contributed by atoms with Crippen LogP contribution in [-0.4, -0.2) is 51.1 Å². The Morgan fingerprint density at radius 3 is 2.26 bits per heavy atom. The van der Waals surface area contributed by atoms with E-state index >= 15 is 0 Å². The maximum Gasteiger partial charge on any atom is 0.412 e. The van der Waals surface area contributed by atoms with E-state index in [1.165, 1.54) is 42.5 Å². The molecule has 222 valence electrons. The number of carbonyl (C=O) groups excluding carboxylic acids is 2. The van der Waals surface area contributed by atoms with Gasteiger partial charge in [-0.3, -0.25) is 4.31 Å². The summed E-state index contributed by atoms with van der Waals surface area (Å²) in [7, 11) is -3.89. The summed E-state index contributed by atoms with van der Waals surface area (Å²) in [6, 6.07) is 11.7. The van der Waals surface area contributed by atoms with E-state index in [2.05, 4.69) is 4.74 Å². The van der Waals surface area contributed by atoms with Crippen molar-refractivity contribution in [2.75, 3.05) is 23.7 Å². The molecule has 0 fully saturated rings. The number of anilines is 1. The number of benzene rings is 3. The molecule has 0 unspecified atom stereocenters. The molecule has 1 amide bonds. The third-order valence-electron chi connectivity index (χ3n) is 5.75. The molecule has 1 aromatic heterocycles. The molecule has 3 N–H and O–H groups in total. The molecule has 0 bridgehead atoms. The summed E-state index contributed by atoms with van der Waals surface area (Å²) >= 11 is 0. The zero-order valence-electron chi connectivity index (χ0n) is 22.6. The number of halogens is 2. The number of ether oxygens (including phenoxy) is 3. The molecule has 4 aromatic rings. The molecule has 14 heteroatoms. The van der Waals surface area contributed by atoms with Crippen LogP contribution in [0.3, 0.4) is 0 Å². The molecule has 0 radical (unpaired) electrons. The van der Waals surface area contributed by atoms with Crippen LogP contribution >= 0.6 is 0 Å². The molecule has 4 rings (SSSR count). The summed E-state index contributed by atoms with van der Waals surface area (Å²) in [5, 5.41) is 9.64. The predicted octanol–water partition coefficient (Wildman–Crippen LogP) is 4.95. The Morgan fingerprint density at radius 2 is 1.69 bits per heavy atom. The Morgan fingerprint density at radius 1 is 1.02 bits per heavy atom. The third kappa shape index (κ3) is 6.61. The number of hydrogen-bond acceptors (Lipinski definition) is 9. The first-order valence-electron chi connectivity index (χ1n) is 12.4. The van der Waals surface area contributed by atoms with Crippen molar-refractivity contribution < 1.29 is 50.5 Å². The van der Waals surface area contributed by atoms with E-state index < -0.39 is 46.4 Å². The molecule has 11 nitrogen and oxygen atoms in total. The van der Waals surface area contributed by atoms with Crippen molar-refractivity contribution in [2.45, 2.75) is 20.0 Å². The van der Waals surface area contributed by atoms with Crippen molar-refractivity contribution in [2.24, 2.45) is 5.73 Å². The molecule has 0 aliphatic heterocycles. The Hall–Kier alpha value is -4.69. The van der Waals surface area contributed by atoms with Gasteiger partial charge < -0.3 is 29.5 Å². The van der Waals surface area contributed by atoms with Crippen LogP contribution in [0.5, 0.6) is 17.2 Å². The molecular weight excluding hydrogens is 578 g/mol. The van der Waals surface area contributed by atoms with Gasteiger partial charge in [0.15, 0.2) is 11.6 Å². The minimum absolute atomic E-state index is 0.0289. The Kier molecular flexibility index (Phi) is 8.68. The Balaban J connectivity index is 1.87. The second kappa shape index (κ2) is 12.0. The molecule has 0 aliphatic carbocycles. The molecule has 0 aliphatic rings. The van der Waals surface area contributed by atoms with Gasteiger partial charge in [-0.15, -0.1) is 0 Å². The summed E-state index contributed by atoms with van der Waals surface area (Å²) in [6.07, 6.45) is -0.831. The maximum absolute atomic E-state index is 13.6. The average molecular weight is 605 g/mol. The van der Waals surface area contributed by atoms with Gasteiger partial charge in [-0.05, 0) is 56.3 Å². The third-order valence-corrected chi connectivity index (χ3v) is 6.92. The quantitative estimate of drug-likeness (QED) is 0.189. The molecule has 0 atom stereocenters. The number of esters is 1. The van der Waals surface area contributed by atoms with Gasteiger partial charge in [0.05, 0.1) is 31.2 Å². The Bertz CT molecular complexity index is 1750. The zero-order chi connectivity index (χ0) is 30.8. The van der Waals surface area contributed by atoms with E-state index in [4.69, 9.17) is 19.6 Å². The van der Waals surface area contributed by atoms with Gasteiger partial charge in [-0.1, -0.05) is 0 Å². The first-order chi connectivity index (χ1) is 19.8. The standard InChI is InChI=1S/C28H26F2N2O9S/c1-15(2)38-24-13-19-23(14-22(24)32(10-11-33)42(3,36)37)40-26(25(19)27(34)41-28(31)35)16-4-6-17(7-5-16)39-18-8-9-20(29)21(30)12-18/h4-9,12-15,33H,10-11H2,1-3H3,(H2,31,35). The van der Waals surface area contributed by atoms with Crippen LogP contribution in [0.25, 0.3) is 22.3 Å². The number of primary amides is 1. The lowest BCUT2D eigenvalue weighted by Gasteiger charge is -2.25. The molecule has 0 saturated heterocycles. The van der Waals surface area contributed by atoms with Crippen LogP contribution in [0, 0.1) is 11.6 Å². The molecule has 0 spiro atoms. The lowest BCUT2D eigenvalue weighted by Crippen LogP contribution is -2.33. The number of nitrogens with two attached hydrogens (primary N) is 1. The fourth-order valence-electron chi connectivity index (χ4n) is 4.11. The summed E-state index contributed by atoms with van der Waals surface area (Å²) in [5.74, 6) is -2.98. The van der Waals surface area contributed by atoms with Crippen molar-refractivity contribution in [3.05, 3.63) is 71.8 Å². The number of aliphatic hydroxyl groups is 1. The van der Waals surface area contributed by atoms with Gasteiger partial charge in [0.25, 0.3) is 0 Å². The van der Waals surface area contributed by atoms with Crippen LogP contribution in [0.2, 0.25) is 0 Å². The van der Waals surface area contributed by atoms with Gasteiger partial charge in [0.1, 0.15) is 34.2 Å². The van der Waals surface area contributed by atoms with Crippen molar-refractivity contribution >= 4 is 38.7 Å². The van der Waals surface area contributed by atoms with Crippen molar-refractivity contribution in [1.82, 2.24) is 0 Å². The monoisotopic (exact) mass is 604 g/mol. The normalized spacial score (nSPS) is 11.5. The topological polar surface area (TPSA) is 159 Å². The fourth-order valence-corrected chi connectivity index (χ4v) is 5.02. The van der Waals surface area contributed by atoms with Crippen molar-refractivity contribution in [1.29, 1.82) is 0 Å². The smallest absolute Gasteiger partial charge is 0.412 e. The minimum atomic E-state index is -3.89. The molecule has 1 heterocycles. The molecule has 0 saturated carbocycles. The number of rotatable bonds is 10. The van der Waals surface area contributed by atoms with Crippen molar-refractivity contribution in [3.8, 4) is 28.6 Å². The second-order valence-electron chi connectivity index (χ2n) is 9.26. The number of aliphatic hydroxyl groups excluding tert-OH is 1. The molecule has 42 heavy (non-hydrogen) atoms. The van der Waals surface area contributed by atoms with Gasteiger partial charge in [-0.25, -0.2) is 26.8 Å². The number of fused-ring (bicyclic) bond motifs is 1. The first-order valence-corrected chi connectivity index (χ1v) is 14.2. The molecule has 3 aromatic carbocycles. The maximum atomic E-state index is 13.6. The van der Waals surface area contributed by atoms with E-state index in [-0.39, 0.29) is 51.8 Å². The molecular formula is C28H26F2N2O9S. The number of sulfonamides is 1. The number of hydrogen-bond donors (Lipinski definition) is 2. The fraction of sp³-hybridized carbons (Fsp3) is 0.214. The van der Waals surface area contributed by atoms with Gasteiger partial charge in [0, 0.05) is 23.1 Å². The summed E-state index contributed by atoms with van der Waals surface area (Å²) in [5.41, 5.74) is 5.26. The van der Waals surface area contributed by atoms with Gasteiger partial charge in [-0.2, -0.15) is 0 Å². The highest BCUT2D eigenvalue weighted by Crippen LogP contribution is 2.42. The highest BCUT2D eigenvalue weighted by atomic mass is 32.2. The van der Waals surface area contributed by atoms with Crippen LogP contribution in [0.1, 0.15) is 24.2 Å². The van der Waals surface area contributed by atoms with Gasteiger partial charge >= 0.3 is 12.1 Å². The van der Waals surface area contributed by atoms with E-state index in [0.29, 0.717) is 5.56 Å². The van der Waals surface area contributed by atoms with Crippen LogP contribution < -0.4 is 19.5 Å². The average Bonchev–Trinajstić information content (AvgIpc) is 3.26. The van der Waals surface area contributed by atoms with Gasteiger partial charge in [0.2, 0.25) is 10.0 Å².